The van der Waals surface area contributed by atoms with E-state index in [1.165, 1.54) is 5.56 Å². The summed E-state index contributed by atoms with van der Waals surface area (Å²) in [6.45, 7) is 3.01. The van der Waals surface area contributed by atoms with Crippen LogP contribution < -0.4 is 11.1 Å². The Morgan fingerprint density at radius 1 is 1.33 bits per heavy atom. The van der Waals surface area contributed by atoms with Gasteiger partial charge in [-0.2, -0.15) is 0 Å². The van der Waals surface area contributed by atoms with Crippen molar-refractivity contribution in [2.45, 2.75) is 32.7 Å². The Labute approximate surface area is 148 Å². The van der Waals surface area contributed by atoms with Gasteiger partial charge < -0.3 is 15.5 Å². The minimum Gasteiger partial charge on any atom is -0.444 e. The van der Waals surface area contributed by atoms with Gasteiger partial charge >= 0.3 is 0 Å². The lowest BCUT2D eigenvalue weighted by Gasteiger charge is -2.16. The molecule has 0 aliphatic heterocycles. The van der Waals surface area contributed by atoms with Gasteiger partial charge in [-0.1, -0.05) is 24.1 Å². The molecule has 1 aromatic heterocycles. The Morgan fingerprint density at radius 3 is 2.79 bits per heavy atom. The number of nitrogens with two attached hydrogens (primary N) is 1. The first-order chi connectivity index (χ1) is 11.2. The molecule has 1 saturated carbocycles. The molecule has 1 aromatic carbocycles. The minimum absolute atomic E-state index is 0. The fourth-order valence-corrected chi connectivity index (χ4v) is 3.19. The zero-order valence-corrected chi connectivity index (χ0v) is 14.6. The van der Waals surface area contributed by atoms with E-state index in [1.54, 1.807) is 6.26 Å². The summed E-state index contributed by atoms with van der Waals surface area (Å²) < 4.78 is 5.51. The Balaban J connectivity index is 0.00000208. The van der Waals surface area contributed by atoms with Gasteiger partial charge in [0.15, 0.2) is 0 Å². The van der Waals surface area contributed by atoms with E-state index in [0.29, 0.717) is 24.9 Å². The average Bonchev–Trinajstić information content (AvgIpc) is 3.22. The van der Waals surface area contributed by atoms with E-state index < -0.39 is 0 Å². The Hall–Kier alpha value is -1.85. The van der Waals surface area contributed by atoms with Crippen LogP contribution in [0.1, 0.15) is 30.5 Å². The number of carbonyl (C=O) groups is 1. The first-order valence-corrected chi connectivity index (χ1v) is 8.16. The zero-order valence-electron chi connectivity index (χ0n) is 13.8. The van der Waals surface area contributed by atoms with E-state index in [1.807, 2.05) is 31.2 Å². The zero-order chi connectivity index (χ0) is 16.2. The molecule has 1 fully saturated rings. The van der Waals surface area contributed by atoms with Crippen molar-refractivity contribution < 1.29 is 9.21 Å². The molecule has 6 heteroatoms. The third kappa shape index (κ3) is 4.16. The van der Waals surface area contributed by atoms with Gasteiger partial charge in [0.2, 0.25) is 11.8 Å². The van der Waals surface area contributed by atoms with Crippen LogP contribution in [0.3, 0.4) is 0 Å². The summed E-state index contributed by atoms with van der Waals surface area (Å²) >= 11 is 0. The number of nitrogens with one attached hydrogen (secondary N) is 1. The molecule has 2 aromatic rings. The average molecular weight is 350 g/mol. The molecule has 2 atom stereocenters. The smallest absolute Gasteiger partial charge is 0.226 e. The molecular weight excluding hydrogens is 326 g/mol. The number of oxazole rings is 1. The molecule has 130 valence electrons. The number of rotatable bonds is 5. The monoisotopic (exact) mass is 349 g/mol. The Kier molecular flexibility index (Phi) is 6.40. The third-order valence-corrected chi connectivity index (χ3v) is 4.59. The molecule has 1 heterocycles. The molecule has 0 bridgehead atoms. The first kappa shape index (κ1) is 18.5. The number of amides is 1. The van der Waals surface area contributed by atoms with Crippen molar-refractivity contribution in [3.63, 3.8) is 0 Å². The van der Waals surface area contributed by atoms with Gasteiger partial charge in [0.05, 0.1) is 12.2 Å². The third-order valence-electron chi connectivity index (χ3n) is 4.59. The number of halogens is 1. The lowest BCUT2D eigenvalue weighted by molar-refractivity contribution is -0.126. The van der Waals surface area contributed by atoms with E-state index in [2.05, 4.69) is 10.3 Å². The van der Waals surface area contributed by atoms with Gasteiger partial charge in [0.1, 0.15) is 6.26 Å². The highest BCUT2D eigenvalue weighted by Crippen LogP contribution is 2.31. The summed E-state index contributed by atoms with van der Waals surface area (Å²) in [6, 6.07) is 8.00. The number of hydrogen-bond donors (Lipinski definition) is 2. The number of aryl methyl sites for hydroxylation is 1. The molecule has 0 spiro atoms. The highest BCUT2D eigenvalue weighted by Gasteiger charge is 2.31. The largest absolute Gasteiger partial charge is 0.444 e. The molecule has 1 aliphatic carbocycles. The van der Waals surface area contributed by atoms with Crippen LogP contribution in [0.4, 0.5) is 0 Å². The number of nitrogens with zero attached hydrogens (tertiary/aromatic N) is 1. The van der Waals surface area contributed by atoms with E-state index in [-0.39, 0.29) is 24.2 Å². The molecule has 0 unspecified atom stereocenters. The van der Waals surface area contributed by atoms with Crippen LogP contribution in [0.25, 0.3) is 11.5 Å². The van der Waals surface area contributed by atoms with Crippen LogP contribution in [-0.2, 0) is 11.3 Å². The van der Waals surface area contributed by atoms with E-state index in [9.17, 15) is 4.79 Å². The highest BCUT2D eigenvalue weighted by molar-refractivity contribution is 5.85. The molecular formula is C18H24ClN3O2. The van der Waals surface area contributed by atoms with E-state index in [4.69, 9.17) is 10.2 Å². The number of benzene rings is 1. The maximum atomic E-state index is 12.3. The number of aromatic nitrogens is 1. The lowest BCUT2D eigenvalue weighted by atomic mass is 9.95. The van der Waals surface area contributed by atoms with Crippen LogP contribution in [0.5, 0.6) is 0 Å². The van der Waals surface area contributed by atoms with Crippen LogP contribution >= 0.6 is 12.4 Å². The van der Waals surface area contributed by atoms with E-state index in [0.717, 1.165) is 30.5 Å². The van der Waals surface area contributed by atoms with Crippen LogP contribution in [0.15, 0.2) is 34.9 Å². The van der Waals surface area contributed by atoms with Crippen molar-refractivity contribution in [2.24, 2.45) is 17.6 Å². The molecule has 5 nitrogen and oxygen atoms in total. The van der Waals surface area contributed by atoms with Crippen LogP contribution in [0.2, 0.25) is 0 Å². The second-order valence-electron chi connectivity index (χ2n) is 6.26. The van der Waals surface area contributed by atoms with Crippen molar-refractivity contribution in [1.82, 2.24) is 10.3 Å². The summed E-state index contributed by atoms with van der Waals surface area (Å²) in [5.74, 6) is 1.02. The van der Waals surface area contributed by atoms with Crippen LogP contribution in [-0.4, -0.2) is 17.4 Å². The molecule has 3 rings (SSSR count). The predicted molar refractivity (Wildman–Crippen MR) is 95.7 cm³/mol. The molecule has 3 N–H and O–H groups in total. The van der Waals surface area contributed by atoms with Gasteiger partial charge in [-0.25, -0.2) is 4.98 Å². The SMILES string of the molecule is Cc1ccc(-c2nc(CNC(=O)[C@@H]3CCC[C@@H]3CN)co2)cc1.Cl. The van der Waals surface area contributed by atoms with Gasteiger partial charge in [-0.05, 0) is 44.4 Å². The van der Waals surface area contributed by atoms with Crippen LogP contribution in [0, 0.1) is 18.8 Å². The van der Waals surface area contributed by atoms with Gasteiger partial charge in [0.25, 0.3) is 0 Å². The molecule has 1 aliphatic rings. The highest BCUT2D eigenvalue weighted by atomic mass is 35.5. The topological polar surface area (TPSA) is 81.2 Å². The Morgan fingerprint density at radius 2 is 2.08 bits per heavy atom. The fourth-order valence-electron chi connectivity index (χ4n) is 3.19. The van der Waals surface area contributed by atoms with Gasteiger partial charge in [0, 0.05) is 11.5 Å². The summed E-state index contributed by atoms with van der Waals surface area (Å²) in [5.41, 5.74) is 8.60. The van der Waals surface area contributed by atoms with Crippen molar-refractivity contribution in [3.8, 4) is 11.5 Å². The quantitative estimate of drug-likeness (QED) is 0.869. The maximum absolute atomic E-state index is 12.3. The lowest BCUT2D eigenvalue weighted by Crippen LogP contribution is -2.34. The maximum Gasteiger partial charge on any atom is 0.226 e. The summed E-state index contributed by atoms with van der Waals surface area (Å²) in [7, 11) is 0. The van der Waals surface area contributed by atoms with Crippen molar-refractivity contribution in [3.05, 3.63) is 41.8 Å². The second-order valence-corrected chi connectivity index (χ2v) is 6.26. The summed E-state index contributed by atoms with van der Waals surface area (Å²) in [5, 5.41) is 2.96. The first-order valence-electron chi connectivity index (χ1n) is 8.16. The fraction of sp³-hybridized carbons (Fsp3) is 0.444. The van der Waals surface area contributed by atoms with Gasteiger partial charge in [-0.3, -0.25) is 4.79 Å². The predicted octanol–water partition coefficient (Wildman–Crippen LogP) is 3.06. The molecule has 24 heavy (non-hydrogen) atoms. The molecule has 0 radical (unpaired) electrons. The van der Waals surface area contributed by atoms with Gasteiger partial charge in [-0.15, -0.1) is 12.4 Å². The van der Waals surface area contributed by atoms with Crippen molar-refractivity contribution in [1.29, 1.82) is 0 Å². The Bertz CT molecular complexity index is 669. The van der Waals surface area contributed by atoms with E-state index >= 15 is 0 Å². The van der Waals surface area contributed by atoms with Crippen molar-refractivity contribution in [2.75, 3.05) is 6.54 Å². The standard InChI is InChI=1S/C18H23N3O2.ClH/c1-12-5-7-13(8-6-12)18-21-15(11-23-18)10-20-17(22)16-4-2-3-14(16)9-19;/h5-8,11,14,16H,2-4,9-10,19H2,1H3,(H,20,22);1H/t14-,16-;/m1./s1. The number of hydrogen-bond acceptors (Lipinski definition) is 4. The second kappa shape index (κ2) is 8.31. The molecule has 1 amide bonds. The number of carbonyl (C=O) groups excluding carboxylic acids is 1. The summed E-state index contributed by atoms with van der Waals surface area (Å²) in [6.07, 6.45) is 4.67. The molecule has 0 saturated heterocycles. The van der Waals surface area contributed by atoms with Crippen molar-refractivity contribution >= 4 is 18.3 Å². The normalized spacial score (nSPS) is 19.8. The summed E-state index contributed by atoms with van der Waals surface area (Å²) in [4.78, 5) is 16.7. The minimum atomic E-state index is 0.